The average molecular weight is 325 g/mol. The lowest BCUT2D eigenvalue weighted by Crippen LogP contribution is -1.96. The Labute approximate surface area is 118 Å². The minimum Gasteiger partial charge on any atom is -0.481 e. The molecule has 0 saturated heterocycles. The van der Waals surface area contributed by atoms with Crippen molar-refractivity contribution in [2.24, 2.45) is 0 Å². The Kier molecular flexibility index (Phi) is 4.31. The Balaban J connectivity index is 2.10. The van der Waals surface area contributed by atoms with Gasteiger partial charge in [0, 0.05) is 22.9 Å². The largest absolute Gasteiger partial charge is 0.481 e. The number of halogens is 1. The monoisotopic (exact) mass is 324 g/mol. The minimum atomic E-state index is -0.816. The second kappa shape index (κ2) is 5.97. The zero-order valence-electron chi connectivity index (χ0n) is 10.4. The molecular formula is C13H13BrN2O3. The van der Waals surface area contributed by atoms with Gasteiger partial charge in [0.2, 0.25) is 11.7 Å². The number of aryl methyl sites for hydroxylation is 2. The highest BCUT2D eigenvalue weighted by Gasteiger charge is 2.11. The van der Waals surface area contributed by atoms with Gasteiger partial charge in [0.1, 0.15) is 0 Å². The van der Waals surface area contributed by atoms with Crippen molar-refractivity contribution in [3.05, 3.63) is 34.1 Å². The molecule has 0 aliphatic carbocycles. The number of carboxylic acids is 1. The molecule has 0 radical (unpaired) electrons. The topological polar surface area (TPSA) is 76.2 Å². The third-order valence-corrected chi connectivity index (χ3v) is 3.17. The van der Waals surface area contributed by atoms with E-state index in [2.05, 4.69) is 26.1 Å². The maximum atomic E-state index is 10.4. The van der Waals surface area contributed by atoms with Crippen molar-refractivity contribution < 1.29 is 14.4 Å². The number of nitrogens with zero attached hydrogens (tertiary/aromatic N) is 2. The fourth-order valence-electron chi connectivity index (χ4n) is 1.73. The van der Waals surface area contributed by atoms with Crippen LogP contribution < -0.4 is 0 Å². The average Bonchev–Trinajstić information content (AvgIpc) is 2.77. The summed E-state index contributed by atoms with van der Waals surface area (Å²) in [5.74, 6) is 0.192. The maximum absolute atomic E-state index is 10.4. The lowest BCUT2D eigenvalue weighted by molar-refractivity contribution is -0.137. The molecule has 0 unspecified atom stereocenters. The molecule has 1 heterocycles. The maximum Gasteiger partial charge on any atom is 0.303 e. The molecule has 0 saturated carbocycles. The van der Waals surface area contributed by atoms with E-state index < -0.39 is 5.97 Å². The molecule has 6 heteroatoms. The van der Waals surface area contributed by atoms with Crippen molar-refractivity contribution in [2.45, 2.75) is 26.2 Å². The van der Waals surface area contributed by atoms with E-state index in [1.807, 2.05) is 25.1 Å². The van der Waals surface area contributed by atoms with Crippen molar-refractivity contribution >= 4 is 21.9 Å². The molecular weight excluding hydrogens is 312 g/mol. The van der Waals surface area contributed by atoms with Gasteiger partial charge in [0.05, 0.1) is 0 Å². The SMILES string of the molecule is Cc1cc(Br)ccc1-c1noc(CCCC(=O)O)n1. The molecule has 100 valence electrons. The van der Waals surface area contributed by atoms with E-state index in [1.165, 1.54) is 0 Å². The molecule has 1 aromatic carbocycles. The summed E-state index contributed by atoms with van der Waals surface area (Å²) in [7, 11) is 0. The molecule has 0 amide bonds. The van der Waals surface area contributed by atoms with Gasteiger partial charge in [-0.3, -0.25) is 4.79 Å². The van der Waals surface area contributed by atoms with Crippen LogP contribution in [0.4, 0.5) is 0 Å². The Morgan fingerprint density at radius 1 is 1.47 bits per heavy atom. The summed E-state index contributed by atoms with van der Waals surface area (Å²) in [6.07, 6.45) is 1.08. The number of rotatable bonds is 5. The van der Waals surface area contributed by atoms with Crippen LogP contribution in [0.2, 0.25) is 0 Å². The van der Waals surface area contributed by atoms with Crippen LogP contribution in [0, 0.1) is 6.92 Å². The summed E-state index contributed by atoms with van der Waals surface area (Å²) in [6.45, 7) is 1.97. The molecule has 1 aromatic heterocycles. The number of hydrogen-bond acceptors (Lipinski definition) is 4. The van der Waals surface area contributed by atoms with Gasteiger partial charge in [-0.15, -0.1) is 0 Å². The van der Waals surface area contributed by atoms with Crippen LogP contribution in [0.25, 0.3) is 11.4 Å². The van der Waals surface area contributed by atoms with E-state index in [0.717, 1.165) is 15.6 Å². The van der Waals surface area contributed by atoms with Gasteiger partial charge in [-0.05, 0) is 37.1 Å². The molecule has 0 aliphatic heterocycles. The number of benzene rings is 1. The minimum absolute atomic E-state index is 0.106. The van der Waals surface area contributed by atoms with E-state index in [0.29, 0.717) is 24.6 Å². The van der Waals surface area contributed by atoms with Gasteiger partial charge >= 0.3 is 5.97 Å². The first-order chi connectivity index (χ1) is 9.06. The summed E-state index contributed by atoms with van der Waals surface area (Å²) in [4.78, 5) is 14.7. The first-order valence-corrected chi connectivity index (χ1v) is 6.66. The smallest absolute Gasteiger partial charge is 0.303 e. The predicted molar refractivity (Wildman–Crippen MR) is 72.7 cm³/mol. The summed E-state index contributed by atoms with van der Waals surface area (Å²) in [5.41, 5.74) is 1.96. The number of carbonyl (C=O) groups is 1. The number of carboxylic acid groups (broad SMARTS) is 1. The highest BCUT2D eigenvalue weighted by molar-refractivity contribution is 9.10. The van der Waals surface area contributed by atoms with Gasteiger partial charge in [-0.2, -0.15) is 4.98 Å². The second-order valence-electron chi connectivity index (χ2n) is 4.22. The van der Waals surface area contributed by atoms with Crippen molar-refractivity contribution in [1.29, 1.82) is 0 Å². The van der Waals surface area contributed by atoms with Gasteiger partial charge in [-0.1, -0.05) is 21.1 Å². The molecule has 0 fully saturated rings. The van der Waals surface area contributed by atoms with Gasteiger partial charge in [0.25, 0.3) is 0 Å². The number of aliphatic carboxylic acids is 1. The highest BCUT2D eigenvalue weighted by Crippen LogP contribution is 2.24. The van der Waals surface area contributed by atoms with Crippen LogP contribution in [-0.4, -0.2) is 21.2 Å². The first-order valence-electron chi connectivity index (χ1n) is 5.87. The Morgan fingerprint density at radius 3 is 2.95 bits per heavy atom. The van der Waals surface area contributed by atoms with E-state index in [1.54, 1.807) is 0 Å². The van der Waals surface area contributed by atoms with Crippen LogP contribution in [0.5, 0.6) is 0 Å². The molecule has 2 rings (SSSR count). The highest BCUT2D eigenvalue weighted by atomic mass is 79.9. The third kappa shape index (κ3) is 3.64. The van der Waals surface area contributed by atoms with E-state index in [4.69, 9.17) is 9.63 Å². The zero-order valence-corrected chi connectivity index (χ0v) is 12.0. The van der Waals surface area contributed by atoms with E-state index in [-0.39, 0.29) is 6.42 Å². The van der Waals surface area contributed by atoms with Crippen molar-refractivity contribution in [3.8, 4) is 11.4 Å². The molecule has 1 N–H and O–H groups in total. The van der Waals surface area contributed by atoms with Crippen molar-refractivity contribution in [3.63, 3.8) is 0 Å². The molecule has 19 heavy (non-hydrogen) atoms. The third-order valence-electron chi connectivity index (χ3n) is 2.68. The van der Waals surface area contributed by atoms with Crippen LogP contribution in [0.1, 0.15) is 24.3 Å². The molecule has 5 nitrogen and oxygen atoms in total. The summed E-state index contributed by atoms with van der Waals surface area (Å²) >= 11 is 3.40. The summed E-state index contributed by atoms with van der Waals surface area (Å²) in [6, 6.07) is 5.82. The zero-order chi connectivity index (χ0) is 13.8. The Morgan fingerprint density at radius 2 is 2.26 bits per heavy atom. The van der Waals surface area contributed by atoms with E-state index >= 15 is 0 Å². The Bertz CT molecular complexity index is 595. The second-order valence-corrected chi connectivity index (χ2v) is 5.13. The lowest BCUT2D eigenvalue weighted by atomic mass is 10.1. The number of hydrogen-bond donors (Lipinski definition) is 1. The Hall–Kier alpha value is -1.69. The standard InChI is InChI=1S/C13H13BrN2O3/c1-8-7-9(14)5-6-10(8)13-15-11(19-16-13)3-2-4-12(17)18/h5-7H,2-4H2,1H3,(H,17,18). The van der Waals surface area contributed by atoms with Crippen LogP contribution in [0.3, 0.4) is 0 Å². The summed E-state index contributed by atoms with van der Waals surface area (Å²) < 4.78 is 6.12. The van der Waals surface area contributed by atoms with Gasteiger partial charge in [0.15, 0.2) is 0 Å². The van der Waals surface area contributed by atoms with Gasteiger partial charge < -0.3 is 9.63 Å². The molecule has 2 aromatic rings. The first kappa shape index (κ1) is 13.7. The summed E-state index contributed by atoms with van der Waals surface area (Å²) in [5, 5.41) is 12.5. The molecule has 0 spiro atoms. The lowest BCUT2D eigenvalue weighted by Gasteiger charge is -2.00. The molecule has 0 atom stereocenters. The van der Waals surface area contributed by atoms with Crippen LogP contribution in [-0.2, 0) is 11.2 Å². The van der Waals surface area contributed by atoms with Crippen molar-refractivity contribution in [2.75, 3.05) is 0 Å². The van der Waals surface area contributed by atoms with Crippen LogP contribution in [0.15, 0.2) is 27.2 Å². The van der Waals surface area contributed by atoms with Crippen LogP contribution >= 0.6 is 15.9 Å². The van der Waals surface area contributed by atoms with E-state index in [9.17, 15) is 4.79 Å². The molecule has 0 aliphatic rings. The fraction of sp³-hybridized carbons (Fsp3) is 0.308. The van der Waals surface area contributed by atoms with Crippen molar-refractivity contribution in [1.82, 2.24) is 10.1 Å². The molecule has 0 bridgehead atoms. The van der Waals surface area contributed by atoms with Gasteiger partial charge in [-0.25, -0.2) is 0 Å². The normalized spacial score (nSPS) is 10.6. The fourth-order valence-corrected chi connectivity index (χ4v) is 2.21. The number of aromatic nitrogens is 2. The quantitative estimate of drug-likeness (QED) is 0.913. The predicted octanol–water partition coefficient (Wildman–Crippen LogP) is 3.21.